The Kier molecular flexibility index (Phi) is 6.54. The van der Waals surface area contributed by atoms with E-state index in [0.717, 1.165) is 5.69 Å². The second-order valence-corrected chi connectivity index (χ2v) is 5.92. The van der Waals surface area contributed by atoms with Crippen molar-refractivity contribution in [1.29, 1.82) is 0 Å². The third-order valence-electron chi connectivity index (χ3n) is 3.80. The van der Waals surface area contributed by atoms with E-state index in [1.165, 1.54) is 19.2 Å². The molecule has 2 amide bonds. The van der Waals surface area contributed by atoms with Crippen molar-refractivity contribution in [3.8, 4) is 5.75 Å². The van der Waals surface area contributed by atoms with Crippen LogP contribution in [0.15, 0.2) is 42.5 Å². The van der Waals surface area contributed by atoms with Gasteiger partial charge in [-0.25, -0.2) is 4.39 Å². The number of aryl methyl sites for hydroxylation is 1. The monoisotopic (exact) mass is 359 g/mol. The number of carbonyl (C=O) groups is 2. The van der Waals surface area contributed by atoms with Crippen molar-refractivity contribution in [3.63, 3.8) is 0 Å². The first-order valence-corrected chi connectivity index (χ1v) is 8.09. The van der Waals surface area contributed by atoms with Crippen molar-refractivity contribution >= 4 is 17.5 Å². The maximum Gasteiger partial charge on any atom is 0.269 e. The lowest BCUT2D eigenvalue weighted by atomic mass is 10.1. The largest absolute Gasteiger partial charge is 0.494 e. The molecule has 2 aromatic rings. The van der Waals surface area contributed by atoms with Crippen LogP contribution in [0, 0.1) is 5.82 Å². The molecule has 0 radical (unpaired) electrons. The molecule has 0 bridgehead atoms. The fraction of sp³-hybridized carbons (Fsp3) is 0.263. The van der Waals surface area contributed by atoms with Gasteiger partial charge in [0.2, 0.25) is 5.91 Å². The molecule has 0 spiro atoms. The zero-order valence-corrected chi connectivity index (χ0v) is 15.0. The number of halogens is 1. The van der Waals surface area contributed by atoms with E-state index in [1.54, 1.807) is 24.3 Å². The highest BCUT2D eigenvalue weighted by Gasteiger charge is 2.10. The molecule has 0 saturated heterocycles. The van der Waals surface area contributed by atoms with Gasteiger partial charge in [0.25, 0.3) is 5.91 Å². The van der Waals surface area contributed by atoms with E-state index in [-0.39, 0.29) is 18.1 Å². The highest BCUT2D eigenvalue weighted by Crippen LogP contribution is 2.18. The first-order chi connectivity index (χ1) is 12.4. The van der Waals surface area contributed by atoms with Gasteiger partial charge >= 0.3 is 0 Å². The Hall–Kier alpha value is -3.09. The summed E-state index contributed by atoms with van der Waals surface area (Å²) >= 11 is 0. The van der Waals surface area contributed by atoms with Gasteiger partial charge in [-0.2, -0.15) is 0 Å². The Morgan fingerprint density at radius 3 is 2.54 bits per heavy atom. The SMILES string of the molecule is COc1ccc(CCC(=O)NNC(=O)c2cccc(N(C)C)c2)cc1F. The van der Waals surface area contributed by atoms with Crippen LogP contribution in [0.2, 0.25) is 0 Å². The second kappa shape index (κ2) is 8.84. The predicted molar refractivity (Wildman–Crippen MR) is 97.7 cm³/mol. The highest BCUT2D eigenvalue weighted by atomic mass is 19.1. The summed E-state index contributed by atoms with van der Waals surface area (Å²) in [6.07, 6.45) is 0.461. The van der Waals surface area contributed by atoms with Crippen LogP contribution in [-0.2, 0) is 11.2 Å². The number of hydrazine groups is 1. The Morgan fingerprint density at radius 2 is 1.88 bits per heavy atom. The summed E-state index contributed by atoms with van der Waals surface area (Å²) in [7, 11) is 5.14. The van der Waals surface area contributed by atoms with Crippen molar-refractivity contribution in [1.82, 2.24) is 10.9 Å². The van der Waals surface area contributed by atoms with Gasteiger partial charge in [-0.1, -0.05) is 12.1 Å². The summed E-state index contributed by atoms with van der Waals surface area (Å²) in [5.41, 5.74) is 6.73. The number of carbonyl (C=O) groups excluding carboxylic acids is 2. The lowest BCUT2D eigenvalue weighted by molar-refractivity contribution is -0.121. The average molecular weight is 359 g/mol. The Balaban J connectivity index is 1.84. The molecule has 6 nitrogen and oxygen atoms in total. The van der Waals surface area contributed by atoms with Crippen LogP contribution in [-0.4, -0.2) is 33.0 Å². The van der Waals surface area contributed by atoms with Gasteiger partial charge in [0.1, 0.15) is 0 Å². The van der Waals surface area contributed by atoms with E-state index in [4.69, 9.17) is 4.74 Å². The summed E-state index contributed by atoms with van der Waals surface area (Å²) in [6.45, 7) is 0. The third-order valence-corrected chi connectivity index (χ3v) is 3.80. The van der Waals surface area contributed by atoms with E-state index < -0.39 is 11.7 Å². The number of hydrogen-bond donors (Lipinski definition) is 2. The molecule has 2 aromatic carbocycles. The predicted octanol–water partition coefficient (Wildman–Crippen LogP) is 2.29. The maximum atomic E-state index is 13.6. The maximum absolute atomic E-state index is 13.6. The van der Waals surface area contributed by atoms with Crippen LogP contribution >= 0.6 is 0 Å². The molecule has 7 heteroatoms. The molecule has 0 heterocycles. The van der Waals surface area contributed by atoms with Crippen molar-refractivity contribution in [2.45, 2.75) is 12.8 Å². The molecule has 0 fully saturated rings. The Labute approximate surface area is 151 Å². The zero-order valence-electron chi connectivity index (χ0n) is 15.0. The summed E-state index contributed by atoms with van der Waals surface area (Å²) in [5, 5.41) is 0. The van der Waals surface area contributed by atoms with Crippen LogP contribution in [0.25, 0.3) is 0 Å². The van der Waals surface area contributed by atoms with Gasteiger partial charge in [0.05, 0.1) is 7.11 Å². The molecule has 0 aromatic heterocycles. The van der Waals surface area contributed by atoms with E-state index in [2.05, 4.69) is 10.9 Å². The van der Waals surface area contributed by atoms with Crippen LogP contribution in [0.5, 0.6) is 5.75 Å². The van der Waals surface area contributed by atoms with Gasteiger partial charge in [0.15, 0.2) is 11.6 Å². The number of nitrogens with zero attached hydrogens (tertiary/aromatic N) is 1. The van der Waals surface area contributed by atoms with E-state index in [9.17, 15) is 14.0 Å². The molecule has 26 heavy (non-hydrogen) atoms. The molecule has 0 saturated carbocycles. The van der Waals surface area contributed by atoms with Gasteiger partial charge in [-0.3, -0.25) is 20.4 Å². The Bertz CT molecular complexity index is 793. The summed E-state index contributed by atoms with van der Waals surface area (Å²) < 4.78 is 18.5. The number of ether oxygens (including phenoxy) is 1. The van der Waals surface area contributed by atoms with E-state index in [1.807, 2.05) is 25.1 Å². The number of rotatable bonds is 6. The van der Waals surface area contributed by atoms with Gasteiger partial charge in [-0.15, -0.1) is 0 Å². The number of hydrogen-bond acceptors (Lipinski definition) is 4. The quantitative estimate of drug-likeness (QED) is 0.777. The van der Waals surface area contributed by atoms with Gasteiger partial charge in [0, 0.05) is 31.8 Å². The van der Waals surface area contributed by atoms with Crippen molar-refractivity contribution in [3.05, 3.63) is 59.4 Å². The van der Waals surface area contributed by atoms with Gasteiger partial charge < -0.3 is 9.64 Å². The van der Waals surface area contributed by atoms with E-state index >= 15 is 0 Å². The zero-order chi connectivity index (χ0) is 19.1. The molecule has 0 aliphatic heterocycles. The normalized spacial score (nSPS) is 10.2. The lowest BCUT2D eigenvalue weighted by Gasteiger charge is -2.13. The van der Waals surface area contributed by atoms with Crippen LogP contribution in [0.3, 0.4) is 0 Å². The van der Waals surface area contributed by atoms with Crippen molar-refractivity contribution in [2.24, 2.45) is 0 Å². The molecule has 0 aliphatic rings. The highest BCUT2D eigenvalue weighted by molar-refractivity contribution is 5.96. The van der Waals surface area contributed by atoms with Crippen LogP contribution < -0.4 is 20.5 Å². The molecule has 138 valence electrons. The van der Waals surface area contributed by atoms with Crippen LogP contribution in [0.1, 0.15) is 22.3 Å². The molecular formula is C19H22FN3O3. The summed E-state index contributed by atoms with van der Waals surface area (Å²) in [5.74, 6) is -1.08. The molecule has 0 aliphatic carbocycles. The fourth-order valence-corrected chi connectivity index (χ4v) is 2.31. The van der Waals surface area contributed by atoms with Crippen molar-refractivity contribution < 1.29 is 18.7 Å². The minimum atomic E-state index is -0.473. The summed E-state index contributed by atoms with van der Waals surface area (Å²) in [4.78, 5) is 25.9. The number of nitrogens with one attached hydrogen (secondary N) is 2. The second-order valence-electron chi connectivity index (χ2n) is 5.92. The summed E-state index contributed by atoms with van der Waals surface area (Å²) in [6, 6.07) is 11.6. The number of methoxy groups -OCH3 is 1. The average Bonchev–Trinajstić information content (AvgIpc) is 2.64. The Morgan fingerprint density at radius 1 is 1.12 bits per heavy atom. The molecule has 2 rings (SSSR count). The number of benzene rings is 2. The van der Waals surface area contributed by atoms with E-state index in [0.29, 0.717) is 17.5 Å². The molecule has 0 unspecified atom stereocenters. The topological polar surface area (TPSA) is 70.7 Å². The number of amides is 2. The third kappa shape index (κ3) is 5.20. The standard InChI is InChI=1S/C19H22FN3O3/c1-23(2)15-6-4-5-14(12-15)19(25)22-21-18(24)10-8-13-7-9-17(26-3)16(20)11-13/h4-7,9,11-12H,8,10H2,1-3H3,(H,21,24)(H,22,25). The molecule has 2 N–H and O–H groups in total. The number of anilines is 1. The minimum absolute atomic E-state index is 0.115. The van der Waals surface area contributed by atoms with Crippen molar-refractivity contribution in [2.75, 3.05) is 26.1 Å². The first-order valence-electron chi connectivity index (χ1n) is 8.09. The van der Waals surface area contributed by atoms with Gasteiger partial charge in [-0.05, 0) is 42.3 Å². The lowest BCUT2D eigenvalue weighted by Crippen LogP contribution is -2.41. The minimum Gasteiger partial charge on any atom is -0.494 e. The first kappa shape index (κ1) is 19.2. The molecular weight excluding hydrogens is 337 g/mol. The molecule has 0 atom stereocenters. The van der Waals surface area contributed by atoms with Crippen LogP contribution in [0.4, 0.5) is 10.1 Å². The fourth-order valence-electron chi connectivity index (χ4n) is 2.31. The smallest absolute Gasteiger partial charge is 0.269 e.